The number of alkyl halides is 3. The molecule has 3 N–H and O–H groups in total. The van der Waals surface area contributed by atoms with Gasteiger partial charge in [0.15, 0.2) is 0 Å². The summed E-state index contributed by atoms with van der Waals surface area (Å²) >= 11 is 6.48. The number of benzene rings is 3. The zero-order valence-corrected chi connectivity index (χ0v) is 26.4. The fraction of sp³-hybridized carbons (Fsp3) is 0.294. The Morgan fingerprint density at radius 1 is 1.02 bits per heavy atom. The highest BCUT2D eigenvalue weighted by Gasteiger charge is 2.35. The zero-order chi connectivity index (χ0) is 33.7. The van der Waals surface area contributed by atoms with Crippen molar-refractivity contribution in [1.29, 1.82) is 0 Å². The minimum absolute atomic E-state index is 0.0539. The van der Waals surface area contributed by atoms with Crippen LogP contribution in [-0.4, -0.2) is 70.0 Å². The minimum atomic E-state index is -4.58. The molecule has 1 fully saturated rings. The second kappa shape index (κ2) is 14.9. The standard InChI is InChI=1S/C34H33ClF4N6O3/c35-30-13-25(4-7-32(30)48-20-22-2-1-3-24(36)12-22)43-33-28-14-26(5-6-31(28)41-21-42-33)45-17-23(29(19-45)34(37,38)39)15-40-16-27(46)18-44-8-10-47-11-9-44/h1-7,12-14,17,19,21,27,40,46H,8-11,15-16,18,20H2,(H,41,42,43). The number of morpholine rings is 1. The lowest BCUT2D eigenvalue weighted by Gasteiger charge is -2.28. The third-order valence-corrected chi connectivity index (χ3v) is 8.17. The fourth-order valence-corrected chi connectivity index (χ4v) is 5.72. The van der Waals surface area contributed by atoms with Crippen molar-refractivity contribution in [3.05, 3.63) is 107 Å². The predicted octanol–water partition coefficient (Wildman–Crippen LogP) is 6.34. The Morgan fingerprint density at radius 3 is 2.62 bits per heavy atom. The van der Waals surface area contributed by atoms with Gasteiger partial charge in [0.05, 0.1) is 35.4 Å². The smallest absolute Gasteiger partial charge is 0.418 e. The molecule has 1 saturated heterocycles. The number of anilines is 2. The fourth-order valence-electron chi connectivity index (χ4n) is 5.49. The molecule has 0 aliphatic carbocycles. The van der Waals surface area contributed by atoms with Crippen LogP contribution in [0.5, 0.6) is 5.75 Å². The molecule has 1 atom stereocenters. The van der Waals surface area contributed by atoms with E-state index in [0.717, 1.165) is 6.20 Å². The van der Waals surface area contributed by atoms with Crippen LogP contribution in [0, 0.1) is 5.82 Å². The zero-order valence-electron chi connectivity index (χ0n) is 25.7. The molecule has 0 spiro atoms. The van der Waals surface area contributed by atoms with Gasteiger partial charge in [-0.15, -0.1) is 0 Å². The predicted molar refractivity (Wildman–Crippen MR) is 174 cm³/mol. The van der Waals surface area contributed by atoms with E-state index in [4.69, 9.17) is 21.1 Å². The average Bonchev–Trinajstić information content (AvgIpc) is 3.50. The molecule has 0 bridgehead atoms. The number of fused-ring (bicyclic) bond motifs is 1. The van der Waals surface area contributed by atoms with Crippen LogP contribution < -0.4 is 15.4 Å². The van der Waals surface area contributed by atoms with E-state index in [1.54, 1.807) is 48.5 Å². The van der Waals surface area contributed by atoms with Gasteiger partial charge >= 0.3 is 6.18 Å². The maximum absolute atomic E-state index is 14.1. The van der Waals surface area contributed by atoms with Gasteiger partial charge in [-0.1, -0.05) is 23.7 Å². The van der Waals surface area contributed by atoms with Crippen molar-refractivity contribution >= 4 is 34.0 Å². The normalized spacial score (nSPS) is 14.7. The van der Waals surface area contributed by atoms with E-state index >= 15 is 0 Å². The van der Waals surface area contributed by atoms with Crippen LogP contribution in [0.15, 0.2) is 79.4 Å². The van der Waals surface area contributed by atoms with Crippen LogP contribution in [0.3, 0.4) is 0 Å². The topological polar surface area (TPSA) is 96.7 Å². The molecule has 14 heteroatoms. The lowest BCUT2D eigenvalue weighted by atomic mass is 10.2. The van der Waals surface area contributed by atoms with Crippen molar-refractivity contribution in [3.63, 3.8) is 0 Å². The number of halogens is 5. The molecular formula is C34H33ClF4N6O3. The monoisotopic (exact) mass is 684 g/mol. The maximum atomic E-state index is 14.1. The van der Waals surface area contributed by atoms with Crippen LogP contribution in [0.1, 0.15) is 16.7 Å². The summed E-state index contributed by atoms with van der Waals surface area (Å²) in [5.41, 5.74) is 1.59. The Kier molecular flexibility index (Phi) is 10.4. The Morgan fingerprint density at radius 2 is 1.85 bits per heavy atom. The first kappa shape index (κ1) is 33.6. The van der Waals surface area contributed by atoms with Crippen molar-refractivity contribution in [2.75, 3.05) is 44.7 Å². The summed E-state index contributed by atoms with van der Waals surface area (Å²) in [6, 6.07) is 16.3. The van der Waals surface area contributed by atoms with Gasteiger partial charge in [-0.2, -0.15) is 13.2 Å². The Hall–Kier alpha value is -4.27. The molecule has 5 aromatic rings. The second-order valence-corrected chi connectivity index (χ2v) is 11.8. The van der Waals surface area contributed by atoms with Gasteiger partial charge in [0, 0.05) is 61.9 Å². The quantitative estimate of drug-likeness (QED) is 0.131. The molecule has 2 aromatic heterocycles. The summed E-state index contributed by atoms with van der Waals surface area (Å²) in [4.78, 5) is 10.7. The largest absolute Gasteiger partial charge is 0.487 e. The molecule has 252 valence electrons. The lowest BCUT2D eigenvalue weighted by Crippen LogP contribution is -2.43. The molecule has 3 aromatic carbocycles. The van der Waals surface area contributed by atoms with E-state index in [2.05, 4.69) is 25.5 Å². The van der Waals surface area contributed by atoms with Gasteiger partial charge < -0.3 is 29.8 Å². The highest BCUT2D eigenvalue weighted by Crippen LogP contribution is 2.35. The summed E-state index contributed by atoms with van der Waals surface area (Å²) in [5.74, 6) is 0.473. The first-order valence-electron chi connectivity index (χ1n) is 15.3. The number of hydrogen-bond acceptors (Lipinski definition) is 8. The van der Waals surface area contributed by atoms with Crippen LogP contribution in [-0.2, 0) is 24.1 Å². The average molecular weight is 685 g/mol. The summed E-state index contributed by atoms with van der Waals surface area (Å²) in [6.45, 7) is 3.23. The number of aromatic nitrogens is 3. The molecule has 9 nitrogen and oxygen atoms in total. The Labute approximate surface area is 279 Å². The van der Waals surface area contributed by atoms with Gasteiger partial charge in [-0.3, -0.25) is 4.90 Å². The number of ether oxygens (including phenoxy) is 2. The third kappa shape index (κ3) is 8.41. The molecule has 6 rings (SSSR count). The van der Waals surface area contributed by atoms with Gasteiger partial charge in [0.25, 0.3) is 0 Å². The first-order chi connectivity index (χ1) is 23.1. The van der Waals surface area contributed by atoms with Crippen molar-refractivity contribution in [3.8, 4) is 11.4 Å². The van der Waals surface area contributed by atoms with E-state index < -0.39 is 17.8 Å². The molecule has 1 unspecified atom stereocenters. The Balaban J connectivity index is 1.17. The van der Waals surface area contributed by atoms with Crippen molar-refractivity contribution in [1.82, 2.24) is 24.8 Å². The number of nitrogens with one attached hydrogen (secondary N) is 2. The van der Waals surface area contributed by atoms with Gasteiger partial charge in [-0.05, 0) is 59.7 Å². The van der Waals surface area contributed by atoms with E-state index in [1.807, 2.05) is 0 Å². The highest BCUT2D eigenvalue weighted by atomic mass is 35.5. The number of β-amino-alcohol motifs (C(OH)–C–C–N with tert-alkyl or cyclic N) is 1. The number of aliphatic hydroxyl groups is 1. The third-order valence-electron chi connectivity index (χ3n) is 7.88. The molecule has 0 saturated carbocycles. The first-order valence-corrected chi connectivity index (χ1v) is 15.7. The molecule has 48 heavy (non-hydrogen) atoms. The summed E-state index contributed by atoms with van der Waals surface area (Å²) in [7, 11) is 0. The SMILES string of the molecule is OC(CNCc1cn(-c2ccc3ncnc(Nc4ccc(OCc5cccc(F)c5)c(Cl)c4)c3c2)cc1C(F)(F)F)CN1CCOCC1. The number of hydrogen-bond donors (Lipinski definition) is 3. The molecule has 0 amide bonds. The van der Waals surface area contributed by atoms with Crippen LogP contribution >= 0.6 is 11.6 Å². The molecule has 3 heterocycles. The molecular weight excluding hydrogens is 652 g/mol. The lowest BCUT2D eigenvalue weighted by molar-refractivity contribution is -0.138. The minimum Gasteiger partial charge on any atom is -0.487 e. The Bertz CT molecular complexity index is 1870. The van der Waals surface area contributed by atoms with E-state index in [9.17, 15) is 22.7 Å². The van der Waals surface area contributed by atoms with Crippen LogP contribution in [0.2, 0.25) is 5.02 Å². The van der Waals surface area contributed by atoms with Crippen LogP contribution in [0.25, 0.3) is 16.6 Å². The highest BCUT2D eigenvalue weighted by molar-refractivity contribution is 6.32. The van der Waals surface area contributed by atoms with Gasteiger partial charge in [0.2, 0.25) is 0 Å². The number of nitrogens with zero attached hydrogens (tertiary/aromatic N) is 4. The van der Waals surface area contributed by atoms with Gasteiger partial charge in [0.1, 0.15) is 30.3 Å². The van der Waals surface area contributed by atoms with E-state index in [0.29, 0.717) is 77.3 Å². The van der Waals surface area contributed by atoms with E-state index in [1.165, 1.54) is 29.2 Å². The maximum Gasteiger partial charge on any atom is 0.418 e. The van der Waals surface area contributed by atoms with Crippen molar-refractivity contribution < 1.29 is 32.1 Å². The second-order valence-electron chi connectivity index (χ2n) is 11.4. The number of aliphatic hydroxyl groups excluding tert-OH is 1. The summed E-state index contributed by atoms with van der Waals surface area (Å²) < 4.78 is 68.2. The molecule has 1 aliphatic rings. The molecule has 1 aliphatic heterocycles. The van der Waals surface area contributed by atoms with Crippen molar-refractivity contribution in [2.45, 2.75) is 25.4 Å². The molecule has 0 radical (unpaired) electrons. The van der Waals surface area contributed by atoms with Crippen LogP contribution in [0.4, 0.5) is 29.1 Å². The number of rotatable bonds is 12. The van der Waals surface area contributed by atoms with Crippen molar-refractivity contribution in [2.24, 2.45) is 0 Å². The van der Waals surface area contributed by atoms with Gasteiger partial charge in [-0.25, -0.2) is 14.4 Å². The summed E-state index contributed by atoms with van der Waals surface area (Å²) in [5, 5.41) is 17.5. The van der Waals surface area contributed by atoms with E-state index in [-0.39, 0.29) is 31.1 Å². The summed E-state index contributed by atoms with van der Waals surface area (Å²) in [6.07, 6.45) is -1.43.